The smallest absolute Gasteiger partial charge is 0.408 e. The number of hydrogen-bond donors (Lipinski definition) is 1. The summed E-state index contributed by atoms with van der Waals surface area (Å²) in [5.41, 5.74) is -0.0227. The summed E-state index contributed by atoms with van der Waals surface area (Å²) in [4.78, 5) is 15.0. The van der Waals surface area contributed by atoms with E-state index < -0.39 is 31.1 Å². The van der Waals surface area contributed by atoms with Crippen molar-refractivity contribution in [1.29, 1.82) is 0 Å². The number of ether oxygens (including phenoxy) is 4. The molecule has 1 atom stereocenters. The largest absolute Gasteiger partial charge is 0.489 e. The van der Waals surface area contributed by atoms with Gasteiger partial charge in [-0.2, -0.15) is 0 Å². The minimum Gasteiger partial charge on any atom is -0.489 e. The molecule has 0 aliphatic rings. The van der Waals surface area contributed by atoms with E-state index in [9.17, 15) is 9.36 Å². The van der Waals surface area contributed by atoms with Crippen LogP contribution in [-0.2, 0) is 40.9 Å². The topological polar surface area (TPSA) is 102 Å². The number of methoxy groups -OCH3 is 2. The highest BCUT2D eigenvalue weighted by atomic mass is 35.5. The second-order valence-electron chi connectivity index (χ2n) is 11.6. The Bertz CT molecular complexity index is 1500. The summed E-state index contributed by atoms with van der Waals surface area (Å²) in [6, 6.07) is 23.9. The molecule has 0 aliphatic carbocycles. The van der Waals surface area contributed by atoms with Crippen LogP contribution in [-0.4, -0.2) is 52.0 Å². The molecular formula is C35H45ClNO8PS. The number of nitrogens with one attached hydrogen (secondary N) is 1. The van der Waals surface area contributed by atoms with Crippen LogP contribution < -0.4 is 10.1 Å². The van der Waals surface area contributed by atoms with E-state index in [-0.39, 0.29) is 0 Å². The SMILES string of the molecule is COC(OC)C(/C=C/P(=O)(OC)OC)(CCCc1ccc(Sc2cccc(OCc3ccccc3)c2)cc1Cl)NC(=O)OC(C)(C)C. The lowest BCUT2D eigenvalue weighted by Gasteiger charge is -2.38. The average Bonchev–Trinajstić information content (AvgIpc) is 3.04. The highest BCUT2D eigenvalue weighted by molar-refractivity contribution is 7.99. The van der Waals surface area contributed by atoms with Gasteiger partial charge in [-0.25, -0.2) is 4.79 Å². The first-order valence-electron chi connectivity index (χ1n) is 15.1. The van der Waals surface area contributed by atoms with Crippen molar-refractivity contribution >= 4 is 37.1 Å². The normalized spacial score (nSPS) is 13.5. The van der Waals surface area contributed by atoms with Crippen molar-refractivity contribution < 1.29 is 37.4 Å². The molecule has 47 heavy (non-hydrogen) atoms. The summed E-state index contributed by atoms with van der Waals surface area (Å²) in [5.74, 6) is 2.08. The molecule has 0 saturated heterocycles. The molecule has 0 aromatic heterocycles. The standard InChI is InChI=1S/C35H45ClNO8PS/c1-34(2,3)45-33(38)37-35(32(40-4)41-5,21-22-46(39,42-6)43-7)20-12-15-27-18-19-30(24-31(27)36)47-29-17-11-16-28(23-29)44-25-26-13-9-8-10-14-26/h8-11,13-14,16-19,21-24,32H,12,15,20,25H2,1-7H3,(H,37,38)/b22-21+. The van der Waals surface area contributed by atoms with E-state index in [1.54, 1.807) is 32.5 Å². The molecule has 0 radical (unpaired) electrons. The van der Waals surface area contributed by atoms with E-state index in [2.05, 4.69) is 5.32 Å². The molecule has 0 bridgehead atoms. The van der Waals surface area contributed by atoms with Crippen LogP contribution in [0, 0.1) is 0 Å². The maximum Gasteiger partial charge on any atom is 0.408 e. The number of aryl methyl sites for hydroxylation is 1. The fraction of sp³-hybridized carbons (Fsp3) is 0.400. The molecule has 3 aromatic rings. The van der Waals surface area contributed by atoms with Crippen LogP contribution in [0.4, 0.5) is 4.79 Å². The minimum atomic E-state index is -3.59. The molecule has 0 heterocycles. The molecule has 3 aromatic carbocycles. The lowest BCUT2D eigenvalue weighted by molar-refractivity contribution is -0.144. The number of alkyl carbamates (subject to hydrolysis) is 1. The average molecular weight is 706 g/mol. The number of amides is 1. The fourth-order valence-corrected chi connectivity index (χ4v) is 6.83. The molecule has 0 fully saturated rings. The zero-order valence-corrected chi connectivity index (χ0v) is 30.5. The number of carbonyl (C=O) groups is 1. The predicted octanol–water partition coefficient (Wildman–Crippen LogP) is 9.27. The quantitative estimate of drug-likeness (QED) is 0.109. The van der Waals surface area contributed by atoms with Gasteiger partial charge in [0, 0.05) is 49.1 Å². The van der Waals surface area contributed by atoms with Crippen LogP contribution in [0.5, 0.6) is 5.75 Å². The molecule has 1 unspecified atom stereocenters. The Balaban J connectivity index is 1.76. The van der Waals surface area contributed by atoms with Gasteiger partial charge < -0.3 is 33.3 Å². The van der Waals surface area contributed by atoms with E-state index >= 15 is 0 Å². The molecule has 0 aliphatic heterocycles. The Hall–Kier alpha value is -2.82. The van der Waals surface area contributed by atoms with Crippen molar-refractivity contribution in [3.05, 3.63) is 101 Å². The van der Waals surface area contributed by atoms with Gasteiger partial charge in [-0.3, -0.25) is 4.57 Å². The molecule has 0 saturated carbocycles. The van der Waals surface area contributed by atoms with Crippen molar-refractivity contribution in [1.82, 2.24) is 5.32 Å². The molecule has 1 amide bonds. The molecule has 12 heteroatoms. The van der Waals surface area contributed by atoms with Gasteiger partial charge in [0.05, 0.1) is 0 Å². The highest BCUT2D eigenvalue weighted by Gasteiger charge is 2.41. The van der Waals surface area contributed by atoms with E-state index in [1.807, 2.05) is 72.8 Å². The zero-order valence-electron chi connectivity index (χ0n) is 28.0. The van der Waals surface area contributed by atoms with Crippen LogP contribution in [0.15, 0.2) is 94.5 Å². The van der Waals surface area contributed by atoms with Crippen molar-refractivity contribution in [2.45, 2.75) is 73.9 Å². The molecule has 3 rings (SSSR count). The van der Waals surface area contributed by atoms with Crippen LogP contribution >= 0.6 is 31.0 Å². The first-order chi connectivity index (χ1) is 22.3. The third kappa shape index (κ3) is 12.3. The van der Waals surface area contributed by atoms with Crippen molar-refractivity contribution in [3.8, 4) is 5.75 Å². The maximum atomic E-state index is 13.0. The van der Waals surface area contributed by atoms with Crippen molar-refractivity contribution in [2.75, 3.05) is 28.4 Å². The number of benzene rings is 3. The third-order valence-corrected chi connectivity index (χ3v) is 9.86. The van der Waals surface area contributed by atoms with Gasteiger partial charge in [-0.15, -0.1) is 0 Å². The molecular weight excluding hydrogens is 661 g/mol. The van der Waals surface area contributed by atoms with Crippen LogP contribution in [0.3, 0.4) is 0 Å². The third-order valence-electron chi connectivity index (χ3n) is 7.00. The number of rotatable bonds is 17. The molecule has 9 nitrogen and oxygen atoms in total. The van der Waals surface area contributed by atoms with E-state index in [0.29, 0.717) is 30.9 Å². The summed E-state index contributed by atoms with van der Waals surface area (Å²) in [7, 11) is 1.88. The van der Waals surface area contributed by atoms with Gasteiger partial charge in [0.2, 0.25) is 0 Å². The summed E-state index contributed by atoms with van der Waals surface area (Å²) < 4.78 is 45.9. The Morgan fingerprint density at radius 3 is 2.23 bits per heavy atom. The van der Waals surface area contributed by atoms with Gasteiger partial charge in [0.15, 0.2) is 6.29 Å². The molecule has 0 spiro atoms. The Labute approximate surface area is 287 Å². The summed E-state index contributed by atoms with van der Waals surface area (Å²) in [6.45, 7) is 5.78. The summed E-state index contributed by atoms with van der Waals surface area (Å²) in [6.07, 6.45) is 1.30. The van der Waals surface area contributed by atoms with Gasteiger partial charge >= 0.3 is 13.7 Å². The van der Waals surface area contributed by atoms with Gasteiger partial charge in [-0.1, -0.05) is 65.8 Å². The Kier molecular flexibility index (Phi) is 14.9. The lowest BCUT2D eigenvalue weighted by Crippen LogP contribution is -2.57. The van der Waals surface area contributed by atoms with Gasteiger partial charge in [0.25, 0.3) is 0 Å². The summed E-state index contributed by atoms with van der Waals surface area (Å²) >= 11 is 8.36. The number of halogens is 1. The van der Waals surface area contributed by atoms with E-state index in [4.69, 9.17) is 39.6 Å². The Morgan fingerprint density at radius 1 is 0.936 bits per heavy atom. The number of carbonyl (C=O) groups excluding carboxylic acids is 1. The molecule has 1 N–H and O–H groups in total. The van der Waals surface area contributed by atoms with E-state index in [1.165, 1.54) is 40.3 Å². The van der Waals surface area contributed by atoms with Gasteiger partial charge in [0.1, 0.15) is 23.5 Å². The fourth-order valence-electron chi connectivity index (χ4n) is 4.74. The predicted molar refractivity (Wildman–Crippen MR) is 186 cm³/mol. The van der Waals surface area contributed by atoms with Crippen LogP contribution in [0.1, 0.15) is 44.7 Å². The maximum absolute atomic E-state index is 13.0. The minimum absolute atomic E-state index is 0.311. The van der Waals surface area contributed by atoms with Crippen molar-refractivity contribution in [2.24, 2.45) is 0 Å². The second-order valence-corrected chi connectivity index (χ2v) is 15.3. The second kappa shape index (κ2) is 18.1. The van der Waals surface area contributed by atoms with Crippen molar-refractivity contribution in [3.63, 3.8) is 0 Å². The van der Waals surface area contributed by atoms with Crippen LogP contribution in [0.2, 0.25) is 5.02 Å². The number of hydrogen-bond acceptors (Lipinski definition) is 9. The lowest BCUT2D eigenvalue weighted by atomic mass is 9.90. The van der Waals surface area contributed by atoms with Crippen LogP contribution in [0.25, 0.3) is 0 Å². The monoisotopic (exact) mass is 705 g/mol. The van der Waals surface area contributed by atoms with E-state index in [0.717, 1.165) is 26.7 Å². The Morgan fingerprint density at radius 2 is 1.62 bits per heavy atom. The first-order valence-corrected chi connectivity index (χ1v) is 17.9. The first kappa shape index (κ1) is 38.6. The molecule has 256 valence electrons. The zero-order chi connectivity index (χ0) is 34.5. The highest BCUT2D eigenvalue weighted by Crippen LogP contribution is 2.49. The summed E-state index contributed by atoms with van der Waals surface area (Å²) in [5, 5.41) is 3.51. The van der Waals surface area contributed by atoms with Gasteiger partial charge in [-0.05, 0) is 87.6 Å².